The molecule has 102 valence electrons. The van der Waals surface area contributed by atoms with Crippen LogP contribution in [0.1, 0.15) is 5.56 Å². The second kappa shape index (κ2) is 5.48. The fraction of sp³-hybridized carbons (Fsp3) is 0.0769. The third kappa shape index (κ3) is 3.62. The molecule has 1 heterocycles. The molecule has 1 aromatic carbocycles. The molecular formula is C13H8F3N3O. The average Bonchev–Trinajstić information content (AvgIpc) is 2.40. The summed E-state index contributed by atoms with van der Waals surface area (Å²) in [5, 5.41) is 11.8. The highest BCUT2D eigenvalue weighted by Gasteiger charge is 2.30. The van der Waals surface area contributed by atoms with Crippen LogP contribution in [0.5, 0.6) is 5.75 Å². The van der Waals surface area contributed by atoms with Crippen molar-refractivity contribution in [2.24, 2.45) is 0 Å². The van der Waals surface area contributed by atoms with E-state index in [0.29, 0.717) is 16.9 Å². The molecule has 7 heteroatoms. The van der Waals surface area contributed by atoms with Gasteiger partial charge in [0.1, 0.15) is 11.8 Å². The number of halogens is 3. The standard InChI is InChI=1S/C13H8F3N3O/c14-13(15,16)20-11-3-1-10(2-4-11)19-12-8-18-6-5-9(12)7-17/h1-6,8,19H. The normalized spacial score (nSPS) is 10.7. The summed E-state index contributed by atoms with van der Waals surface area (Å²) in [5.41, 5.74) is 1.37. The van der Waals surface area contributed by atoms with Gasteiger partial charge in [0, 0.05) is 11.9 Å². The predicted octanol–water partition coefficient (Wildman–Crippen LogP) is 3.60. The van der Waals surface area contributed by atoms with E-state index < -0.39 is 6.36 Å². The maximum atomic E-state index is 12.0. The maximum Gasteiger partial charge on any atom is 0.573 e. The summed E-state index contributed by atoms with van der Waals surface area (Å²) in [5.74, 6) is -0.310. The van der Waals surface area contributed by atoms with Crippen LogP contribution < -0.4 is 10.1 Å². The molecule has 2 rings (SSSR count). The number of rotatable bonds is 3. The van der Waals surface area contributed by atoms with Crippen molar-refractivity contribution in [3.63, 3.8) is 0 Å². The van der Waals surface area contributed by atoms with Crippen LogP contribution in [0.25, 0.3) is 0 Å². The van der Waals surface area contributed by atoms with Crippen LogP contribution in [-0.2, 0) is 0 Å². The van der Waals surface area contributed by atoms with Gasteiger partial charge >= 0.3 is 6.36 Å². The van der Waals surface area contributed by atoms with Crippen molar-refractivity contribution in [3.8, 4) is 11.8 Å². The first-order valence-corrected chi connectivity index (χ1v) is 5.45. The molecule has 0 atom stereocenters. The lowest BCUT2D eigenvalue weighted by Gasteiger charge is -2.10. The van der Waals surface area contributed by atoms with Crippen molar-refractivity contribution in [3.05, 3.63) is 48.3 Å². The Morgan fingerprint density at radius 2 is 1.85 bits per heavy atom. The van der Waals surface area contributed by atoms with Gasteiger partial charge in [-0.2, -0.15) is 5.26 Å². The van der Waals surface area contributed by atoms with Gasteiger partial charge in [0.2, 0.25) is 0 Å². The number of hydrogen-bond donors (Lipinski definition) is 1. The van der Waals surface area contributed by atoms with Crippen LogP contribution >= 0.6 is 0 Å². The molecule has 0 fully saturated rings. The Morgan fingerprint density at radius 1 is 1.15 bits per heavy atom. The lowest BCUT2D eigenvalue weighted by Crippen LogP contribution is -2.16. The van der Waals surface area contributed by atoms with E-state index in [-0.39, 0.29) is 5.75 Å². The second-order valence-electron chi connectivity index (χ2n) is 3.73. The summed E-state index contributed by atoms with van der Waals surface area (Å²) < 4.78 is 39.8. The molecule has 2 aromatic rings. The van der Waals surface area contributed by atoms with Crippen LogP contribution in [0.15, 0.2) is 42.7 Å². The first-order chi connectivity index (χ1) is 9.48. The Balaban J connectivity index is 2.13. The van der Waals surface area contributed by atoms with Gasteiger partial charge in [-0.3, -0.25) is 4.98 Å². The summed E-state index contributed by atoms with van der Waals surface area (Å²) in [6.07, 6.45) is -1.78. The molecule has 1 N–H and O–H groups in total. The van der Waals surface area contributed by atoms with Gasteiger partial charge < -0.3 is 10.1 Å². The van der Waals surface area contributed by atoms with Gasteiger partial charge in [0.15, 0.2) is 0 Å². The lowest BCUT2D eigenvalue weighted by molar-refractivity contribution is -0.274. The summed E-state index contributed by atoms with van der Waals surface area (Å²) in [6, 6.07) is 8.70. The third-order valence-electron chi connectivity index (χ3n) is 2.31. The largest absolute Gasteiger partial charge is 0.573 e. The lowest BCUT2D eigenvalue weighted by atomic mass is 10.2. The molecule has 0 aliphatic carbocycles. The molecule has 0 saturated heterocycles. The summed E-state index contributed by atoms with van der Waals surface area (Å²) in [7, 11) is 0. The molecule has 0 aliphatic heterocycles. The molecule has 0 spiro atoms. The number of alkyl halides is 3. The molecule has 1 aromatic heterocycles. The monoisotopic (exact) mass is 279 g/mol. The number of hydrogen-bond acceptors (Lipinski definition) is 4. The Morgan fingerprint density at radius 3 is 2.45 bits per heavy atom. The molecule has 4 nitrogen and oxygen atoms in total. The maximum absolute atomic E-state index is 12.0. The first-order valence-electron chi connectivity index (χ1n) is 5.45. The van der Waals surface area contributed by atoms with Gasteiger partial charge in [-0.1, -0.05) is 0 Å². The zero-order valence-electron chi connectivity index (χ0n) is 9.98. The number of aromatic nitrogens is 1. The zero-order valence-corrected chi connectivity index (χ0v) is 9.98. The molecule has 20 heavy (non-hydrogen) atoms. The number of nitriles is 1. The van der Waals surface area contributed by atoms with E-state index in [4.69, 9.17) is 5.26 Å². The van der Waals surface area contributed by atoms with Gasteiger partial charge in [-0.05, 0) is 30.3 Å². The fourth-order valence-corrected chi connectivity index (χ4v) is 1.49. The molecular weight excluding hydrogens is 271 g/mol. The van der Waals surface area contributed by atoms with Crippen LogP contribution in [0, 0.1) is 11.3 Å². The number of nitrogens with zero attached hydrogens (tertiary/aromatic N) is 2. The Bertz CT molecular complexity index is 633. The number of nitrogens with one attached hydrogen (secondary N) is 1. The first kappa shape index (κ1) is 13.7. The van der Waals surface area contributed by atoms with Crippen LogP contribution in [0.3, 0.4) is 0 Å². The smallest absolute Gasteiger partial charge is 0.406 e. The summed E-state index contributed by atoms with van der Waals surface area (Å²) in [6.45, 7) is 0. The SMILES string of the molecule is N#Cc1ccncc1Nc1ccc(OC(F)(F)F)cc1. The van der Waals surface area contributed by atoms with Crippen molar-refractivity contribution in [1.82, 2.24) is 4.98 Å². The minimum absolute atomic E-state index is 0.310. The molecule has 0 bridgehead atoms. The van der Waals surface area contributed by atoms with Crippen molar-refractivity contribution >= 4 is 11.4 Å². The van der Waals surface area contributed by atoms with Crippen LogP contribution in [0.4, 0.5) is 24.5 Å². The van der Waals surface area contributed by atoms with Gasteiger partial charge in [-0.25, -0.2) is 0 Å². The highest BCUT2D eigenvalue weighted by atomic mass is 19.4. The van der Waals surface area contributed by atoms with Crippen molar-refractivity contribution in [2.75, 3.05) is 5.32 Å². The van der Waals surface area contributed by atoms with Gasteiger partial charge in [0.05, 0.1) is 17.4 Å². The summed E-state index contributed by atoms with van der Waals surface area (Å²) in [4.78, 5) is 3.87. The van der Waals surface area contributed by atoms with E-state index in [1.54, 1.807) is 0 Å². The van der Waals surface area contributed by atoms with E-state index in [1.165, 1.54) is 42.7 Å². The number of benzene rings is 1. The zero-order chi connectivity index (χ0) is 14.6. The van der Waals surface area contributed by atoms with Gasteiger partial charge in [0.25, 0.3) is 0 Å². The third-order valence-corrected chi connectivity index (χ3v) is 2.31. The number of anilines is 2. The summed E-state index contributed by atoms with van der Waals surface area (Å²) >= 11 is 0. The molecule has 0 saturated carbocycles. The van der Waals surface area contributed by atoms with E-state index in [1.807, 2.05) is 6.07 Å². The Hall–Kier alpha value is -2.75. The van der Waals surface area contributed by atoms with E-state index in [9.17, 15) is 13.2 Å². The Kier molecular flexibility index (Phi) is 3.75. The Labute approximate surface area is 112 Å². The fourth-order valence-electron chi connectivity index (χ4n) is 1.49. The topological polar surface area (TPSA) is 57.9 Å². The second-order valence-corrected chi connectivity index (χ2v) is 3.73. The van der Waals surface area contributed by atoms with E-state index >= 15 is 0 Å². The van der Waals surface area contributed by atoms with Crippen molar-refractivity contribution in [1.29, 1.82) is 5.26 Å². The molecule has 0 unspecified atom stereocenters. The van der Waals surface area contributed by atoms with Crippen LogP contribution in [0.2, 0.25) is 0 Å². The van der Waals surface area contributed by atoms with E-state index in [0.717, 1.165) is 0 Å². The molecule has 0 radical (unpaired) electrons. The molecule has 0 amide bonds. The minimum Gasteiger partial charge on any atom is -0.406 e. The minimum atomic E-state index is -4.72. The number of pyridine rings is 1. The van der Waals surface area contributed by atoms with Crippen molar-refractivity contribution in [2.45, 2.75) is 6.36 Å². The highest BCUT2D eigenvalue weighted by Crippen LogP contribution is 2.25. The van der Waals surface area contributed by atoms with Crippen molar-refractivity contribution < 1.29 is 17.9 Å². The average molecular weight is 279 g/mol. The van der Waals surface area contributed by atoms with Crippen LogP contribution in [-0.4, -0.2) is 11.3 Å². The molecule has 0 aliphatic rings. The van der Waals surface area contributed by atoms with Gasteiger partial charge in [-0.15, -0.1) is 13.2 Å². The van der Waals surface area contributed by atoms with E-state index in [2.05, 4.69) is 15.0 Å². The quantitative estimate of drug-likeness (QED) is 0.932. The predicted molar refractivity (Wildman–Crippen MR) is 65.4 cm³/mol. The highest BCUT2D eigenvalue weighted by molar-refractivity contribution is 5.65. The number of ether oxygens (including phenoxy) is 1.